The first-order valence-corrected chi connectivity index (χ1v) is 8.59. The van der Waals surface area contributed by atoms with Crippen molar-refractivity contribution in [2.75, 3.05) is 26.9 Å². The molecule has 0 atom stereocenters. The summed E-state index contributed by atoms with van der Waals surface area (Å²) in [6.07, 6.45) is 2.81. The molecule has 6 nitrogen and oxygen atoms in total. The monoisotopic (exact) mass is 389 g/mol. The first-order valence-electron chi connectivity index (χ1n) is 8.21. The Kier molecular flexibility index (Phi) is 8.19. The predicted octanol–water partition coefficient (Wildman–Crippen LogP) is 3.10. The molecule has 7 heteroatoms. The second kappa shape index (κ2) is 10.9. The molecule has 0 fully saturated rings. The Morgan fingerprint density at radius 3 is 2.59 bits per heavy atom. The molecule has 1 N–H and O–H groups in total. The van der Waals surface area contributed by atoms with Crippen molar-refractivity contribution in [3.63, 3.8) is 0 Å². The third-order valence-electron chi connectivity index (χ3n) is 3.39. The molecule has 0 unspecified atom stereocenters. The van der Waals surface area contributed by atoms with E-state index in [0.29, 0.717) is 16.5 Å². The molecule has 2 aromatic carbocycles. The topological polar surface area (TPSA) is 73.9 Å². The van der Waals surface area contributed by atoms with Gasteiger partial charge in [0.05, 0.1) is 13.7 Å². The van der Waals surface area contributed by atoms with Crippen molar-refractivity contribution in [3.05, 3.63) is 65.2 Å². The third-order valence-corrected chi connectivity index (χ3v) is 3.64. The molecule has 0 spiro atoms. The van der Waals surface area contributed by atoms with E-state index in [9.17, 15) is 9.59 Å². The number of amides is 1. The van der Waals surface area contributed by atoms with Gasteiger partial charge in [-0.05, 0) is 36.4 Å². The molecule has 0 aliphatic heterocycles. The highest BCUT2D eigenvalue weighted by molar-refractivity contribution is 6.30. The van der Waals surface area contributed by atoms with Crippen LogP contribution in [0.2, 0.25) is 5.02 Å². The Labute approximate surface area is 162 Å². The van der Waals surface area contributed by atoms with Crippen molar-refractivity contribution in [3.8, 4) is 11.5 Å². The molecular formula is C20H20ClNO5. The summed E-state index contributed by atoms with van der Waals surface area (Å²) in [4.78, 5) is 23.4. The normalized spacial score (nSPS) is 10.4. The first-order chi connectivity index (χ1) is 13.1. The van der Waals surface area contributed by atoms with E-state index >= 15 is 0 Å². The number of benzene rings is 2. The molecule has 0 aliphatic carbocycles. The van der Waals surface area contributed by atoms with E-state index < -0.39 is 11.9 Å². The number of rotatable bonds is 9. The van der Waals surface area contributed by atoms with Gasteiger partial charge in [-0.2, -0.15) is 0 Å². The van der Waals surface area contributed by atoms with Crippen LogP contribution >= 0.6 is 11.6 Å². The number of methoxy groups -OCH3 is 1. The molecule has 2 rings (SSSR count). The molecule has 1 amide bonds. The lowest BCUT2D eigenvalue weighted by Crippen LogP contribution is -2.31. The Bertz CT molecular complexity index is 789. The zero-order valence-electron chi connectivity index (χ0n) is 14.8. The Morgan fingerprint density at radius 2 is 1.85 bits per heavy atom. The standard InChI is InChI=1S/C20H20ClNO5/c1-25-18-5-3-2-4-15(18)6-11-20(24)27-14-19(23)22-12-13-26-17-9-7-16(21)8-10-17/h2-11H,12-14H2,1H3,(H,22,23)/b11-6+. The van der Waals surface area contributed by atoms with E-state index in [1.807, 2.05) is 12.1 Å². The van der Waals surface area contributed by atoms with Gasteiger partial charge in [-0.1, -0.05) is 29.8 Å². The molecule has 0 heterocycles. The first kappa shape index (κ1) is 20.3. The minimum absolute atomic E-state index is 0.287. The molecule has 0 saturated carbocycles. The number of ether oxygens (including phenoxy) is 3. The van der Waals surface area contributed by atoms with Crippen molar-refractivity contribution in [1.29, 1.82) is 0 Å². The van der Waals surface area contributed by atoms with Crippen LogP contribution in [0.1, 0.15) is 5.56 Å². The molecule has 27 heavy (non-hydrogen) atoms. The third kappa shape index (κ3) is 7.42. The number of nitrogens with one attached hydrogen (secondary N) is 1. The van der Waals surface area contributed by atoms with Gasteiger partial charge in [0.15, 0.2) is 6.61 Å². The maximum atomic E-state index is 11.7. The Hall–Kier alpha value is -2.99. The highest BCUT2D eigenvalue weighted by atomic mass is 35.5. The van der Waals surface area contributed by atoms with Crippen LogP contribution in [0.25, 0.3) is 6.08 Å². The van der Waals surface area contributed by atoms with Crippen LogP contribution in [0.3, 0.4) is 0 Å². The summed E-state index contributed by atoms with van der Waals surface area (Å²) in [6.45, 7) is 0.209. The number of esters is 1. The number of halogens is 1. The fourth-order valence-electron chi connectivity index (χ4n) is 2.09. The summed E-state index contributed by atoms with van der Waals surface area (Å²) < 4.78 is 15.5. The fraction of sp³-hybridized carbons (Fsp3) is 0.200. The second-order valence-electron chi connectivity index (χ2n) is 5.34. The minimum Gasteiger partial charge on any atom is -0.496 e. The highest BCUT2D eigenvalue weighted by Crippen LogP contribution is 2.18. The smallest absolute Gasteiger partial charge is 0.331 e. The van der Waals surface area contributed by atoms with Gasteiger partial charge in [0.2, 0.25) is 0 Å². The van der Waals surface area contributed by atoms with Gasteiger partial charge in [0, 0.05) is 16.7 Å². The van der Waals surface area contributed by atoms with E-state index in [1.165, 1.54) is 6.08 Å². The summed E-state index contributed by atoms with van der Waals surface area (Å²) in [7, 11) is 1.55. The van der Waals surface area contributed by atoms with E-state index in [4.69, 9.17) is 25.8 Å². The van der Waals surface area contributed by atoms with E-state index in [2.05, 4.69) is 5.32 Å². The van der Waals surface area contributed by atoms with Crippen LogP contribution in [-0.4, -0.2) is 38.7 Å². The van der Waals surface area contributed by atoms with Gasteiger partial charge in [-0.3, -0.25) is 4.79 Å². The van der Waals surface area contributed by atoms with Crippen LogP contribution in [0.5, 0.6) is 11.5 Å². The van der Waals surface area contributed by atoms with Crippen LogP contribution in [0.4, 0.5) is 0 Å². The Morgan fingerprint density at radius 1 is 1.11 bits per heavy atom. The average molecular weight is 390 g/mol. The molecular weight excluding hydrogens is 370 g/mol. The van der Waals surface area contributed by atoms with Crippen LogP contribution in [0, 0.1) is 0 Å². The van der Waals surface area contributed by atoms with Crippen LogP contribution in [-0.2, 0) is 14.3 Å². The van der Waals surface area contributed by atoms with Crippen LogP contribution in [0.15, 0.2) is 54.6 Å². The molecule has 0 radical (unpaired) electrons. The maximum absolute atomic E-state index is 11.7. The van der Waals surface area contributed by atoms with Gasteiger partial charge in [-0.25, -0.2) is 4.79 Å². The van der Waals surface area contributed by atoms with Gasteiger partial charge >= 0.3 is 5.97 Å². The van der Waals surface area contributed by atoms with Crippen molar-refractivity contribution < 1.29 is 23.8 Å². The average Bonchev–Trinajstić information content (AvgIpc) is 2.69. The molecule has 0 aromatic heterocycles. The molecule has 142 valence electrons. The number of hydrogen-bond acceptors (Lipinski definition) is 5. The minimum atomic E-state index is -0.617. The van der Waals surface area contributed by atoms with Gasteiger partial charge in [0.1, 0.15) is 18.1 Å². The van der Waals surface area contributed by atoms with Crippen molar-refractivity contribution in [2.24, 2.45) is 0 Å². The summed E-state index contributed by atoms with van der Waals surface area (Å²) >= 11 is 5.78. The number of hydrogen-bond donors (Lipinski definition) is 1. The largest absolute Gasteiger partial charge is 0.496 e. The molecule has 0 saturated heterocycles. The van der Waals surface area contributed by atoms with Crippen molar-refractivity contribution in [1.82, 2.24) is 5.32 Å². The quantitative estimate of drug-likeness (QED) is 0.405. The SMILES string of the molecule is COc1ccccc1/C=C/C(=O)OCC(=O)NCCOc1ccc(Cl)cc1. The van der Waals surface area contributed by atoms with Crippen molar-refractivity contribution >= 4 is 29.6 Å². The number of carbonyl (C=O) groups is 2. The Balaban J connectivity index is 1.65. The summed E-state index contributed by atoms with van der Waals surface area (Å²) in [6, 6.07) is 14.1. The number of carbonyl (C=O) groups excluding carboxylic acids is 2. The van der Waals surface area contributed by atoms with Crippen LogP contribution < -0.4 is 14.8 Å². The van der Waals surface area contributed by atoms with Gasteiger partial charge in [0.25, 0.3) is 5.91 Å². The van der Waals surface area contributed by atoms with E-state index in [0.717, 1.165) is 5.56 Å². The molecule has 2 aromatic rings. The highest BCUT2D eigenvalue weighted by Gasteiger charge is 2.05. The summed E-state index contributed by atoms with van der Waals surface area (Å²) in [5, 5.41) is 3.22. The maximum Gasteiger partial charge on any atom is 0.331 e. The lowest BCUT2D eigenvalue weighted by Gasteiger charge is -2.08. The van der Waals surface area contributed by atoms with Gasteiger partial charge < -0.3 is 19.5 Å². The lowest BCUT2D eigenvalue weighted by molar-refractivity contribution is -0.143. The van der Waals surface area contributed by atoms with E-state index in [1.54, 1.807) is 49.6 Å². The molecule has 0 aliphatic rings. The molecule has 0 bridgehead atoms. The predicted molar refractivity (Wildman–Crippen MR) is 103 cm³/mol. The van der Waals surface area contributed by atoms with Crippen molar-refractivity contribution in [2.45, 2.75) is 0 Å². The number of para-hydroxylation sites is 1. The van der Waals surface area contributed by atoms with Gasteiger partial charge in [-0.15, -0.1) is 0 Å². The second-order valence-corrected chi connectivity index (χ2v) is 5.77. The summed E-state index contributed by atoms with van der Waals surface area (Å²) in [5.74, 6) is 0.267. The zero-order chi connectivity index (χ0) is 19.5. The fourth-order valence-corrected chi connectivity index (χ4v) is 2.21. The summed E-state index contributed by atoms with van der Waals surface area (Å²) in [5.41, 5.74) is 0.737. The van der Waals surface area contributed by atoms with E-state index in [-0.39, 0.29) is 19.8 Å². The lowest BCUT2D eigenvalue weighted by atomic mass is 10.2. The zero-order valence-corrected chi connectivity index (χ0v) is 15.6.